The maximum Gasteiger partial charge on any atom is 0.251 e. The molecule has 0 amide bonds. The Hall–Kier alpha value is -2.08. The molecule has 2 rings (SSSR count). The van der Waals surface area contributed by atoms with Crippen molar-refractivity contribution < 1.29 is 0 Å². The minimum atomic E-state index is -0.177. The molecule has 0 aliphatic heterocycles. The molecule has 0 atom stereocenters. The second kappa shape index (κ2) is 5.50. The highest BCUT2D eigenvalue weighted by Crippen LogP contribution is 2.09. The summed E-state index contributed by atoms with van der Waals surface area (Å²) in [6.07, 6.45) is 1.65. The predicted octanol–water partition coefficient (Wildman–Crippen LogP) is 0.645. The van der Waals surface area contributed by atoms with E-state index in [-0.39, 0.29) is 5.56 Å². The number of hydrogen-bond acceptors (Lipinski definition) is 5. The fourth-order valence-electron chi connectivity index (χ4n) is 1.56. The molecule has 2 aromatic rings. The number of aryl methyl sites for hydroxylation is 1. The van der Waals surface area contributed by atoms with Gasteiger partial charge >= 0.3 is 0 Å². The Labute approximate surface area is 105 Å². The smallest absolute Gasteiger partial charge is 0.251 e. The molecule has 6 heteroatoms. The van der Waals surface area contributed by atoms with Gasteiger partial charge in [-0.05, 0) is 19.5 Å². The second-order valence-corrected chi connectivity index (χ2v) is 3.85. The zero-order chi connectivity index (χ0) is 13.0. The van der Waals surface area contributed by atoms with Gasteiger partial charge in [-0.2, -0.15) is 0 Å². The Kier molecular flexibility index (Phi) is 3.78. The van der Waals surface area contributed by atoms with Crippen molar-refractivity contribution >= 4 is 0 Å². The van der Waals surface area contributed by atoms with E-state index in [1.165, 1.54) is 6.07 Å². The Bertz CT molecular complexity index is 593. The third-order valence-electron chi connectivity index (χ3n) is 2.37. The fourth-order valence-corrected chi connectivity index (χ4v) is 1.56. The van der Waals surface area contributed by atoms with Gasteiger partial charge in [0, 0.05) is 18.8 Å². The van der Waals surface area contributed by atoms with Crippen LogP contribution in [0.4, 0.5) is 0 Å². The van der Waals surface area contributed by atoms with Gasteiger partial charge in [0.05, 0.1) is 5.69 Å². The molecule has 0 unspecified atom stereocenters. The molecule has 0 saturated heterocycles. The van der Waals surface area contributed by atoms with Crippen LogP contribution in [-0.4, -0.2) is 26.5 Å². The quantitative estimate of drug-likeness (QED) is 0.826. The van der Waals surface area contributed by atoms with Crippen LogP contribution in [0.3, 0.4) is 0 Å². The summed E-state index contributed by atoms with van der Waals surface area (Å²) in [7, 11) is 0. The molecule has 0 aliphatic rings. The first kappa shape index (κ1) is 12.4. The highest BCUT2D eigenvalue weighted by molar-refractivity contribution is 5.47. The van der Waals surface area contributed by atoms with Gasteiger partial charge in [0.15, 0.2) is 5.82 Å². The number of aromatic nitrogens is 4. The molecule has 0 fully saturated rings. The third-order valence-corrected chi connectivity index (χ3v) is 2.37. The topological polar surface area (TPSA) is 83.6 Å². The van der Waals surface area contributed by atoms with Crippen LogP contribution in [0.25, 0.3) is 11.5 Å². The number of nitrogens with zero attached hydrogens (tertiary/aromatic N) is 3. The third kappa shape index (κ3) is 2.98. The van der Waals surface area contributed by atoms with Crippen molar-refractivity contribution in [2.45, 2.75) is 20.4 Å². The lowest BCUT2D eigenvalue weighted by Crippen LogP contribution is -2.17. The van der Waals surface area contributed by atoms with Gasteiger partial charge in [0.2, 0.25) is 0 Å². The van der Waals surface area contributed by atoms with Crippen molar-refractivity contribution in [3.05, 3.63) is 40.2 Å². The standard InChI is InChI=1S/C12H15N5O/c1-3-13-7-9-6-11(18)17-12(16-9)10-4-5-14-8(2)15-10/h4-6,13H,3,7H2,1-2H3,(H,16,17,18). The largest absolute Gasteiger partial charge is 0.311 e. The Morgan fingerprint density at radius 1 is 1.39 bits per heavy atom. The zero-order valence-corrected chi connectivity index (χ0v) is 10.4. The van der Waals surface area contributed by atoms with Gasteiger partial charge < -0.3 is 10.3 Å². The summed E-state index contributed by atoms with van der Waals surface area (Å²) in [5.41, 5.74) is 1.15. The highest BCUT2D eigenvalue weighted by atomic mass is 16.1. The number of aromatic amines is 1. The van der Waals surface area contributed by atoms with Crippen molar-refractivity contribution in [3.63, 3.8) is 0 Å². The van der Waals surface area contributed by atoms with Crippen LogP contribution in [0.5, 0.6) is 0 Å². The molecule has 94 valence electrons. The van der Waals surface area contributed by atoms with Crippen molar-refractivity contribution in [1.29, 1.82) is 0 Å². The van der Waals surface area contributed by atoms with Crippen LogP contribution in [0.1, 0.15) is 18.4 Å². The Morgan fingerprint density at radius 2 is 2.22 bits per heavy atom. The van der Waals surface area contributed by atoms with Crippen LogP contribution in [0.2, 0.25) is 0 Å². The van der Waals surface area contributed by atoms with E-state index in [0.717, 1.165) is 6.54 Å². The Morgan fingerprint density at radius 3 is 2.94 bits per heavy atom. The molecule has 18 heavy (non-hydrogen) atoms. The normalized spacial score (nSPS) is 10.6. The van der Waals surface area contributed by atoms with Crippen LogP contribution >= 0.6 is 0 Å². The molecular formula is C12H15N5O. The molecule has 0 aliphatic carbocycles. The van der Waals surface area contributed by atoms with Crippen LogP contribution < -0.4 is 10.9 Å². The molecule has 0 bridgehead atoms. The molecule has 2 aromatic heterocycles. The van der Waals surface area contributed by atoms with E-state index in [2.05, 4.69) is 25.3 Å². The van der Waals surface area contributed by atoms with E-state index in [0.29, 0.717) is 29.6 Å². The molecule has 0 aromatic carbocycles. The molecule has 0 spiro atoms. The van der Waals surface area contributed by atoms with Gasteiger partial charge in [-0.1, -0.05) is 6.92 Å². The fraction of sp³-hybridized carbons (Fsp3) is 0.333. The van der Waals surface area contributed by atoms with Crippen LogP contribution in [-0.2, 0) is 6.54 Å². The van der Waals surface area contributed by atoms with E-state index >= 15 is 0 Å². The molecule has 6 nitrogen and oxygen atoms in total. The van der Waals surface area contributed by atoms with Crippen LogP contribution in [0, 0.1) is 6.92 Å². The summed E-state index contributed by atoms with van der Waals surface area (Å²) >= 11 is 0. The Balaban J connectivity index is 2.38. The van der Waals surface area contributed by atoms with Crippen molar-refractivity contribution in [2.75, 3.05) is 6.54 Å². The number of hydrogen-bond donors (Lipinski definition) is 2. The maximum atomic E-state index is 11.6. The summed E-state index contributed by atoms with van der Waals surface area (Å²) < 4.78 is 0. The first-order valence-corrected chi connectivity index (χ1v) is 5.80. The number of rotatable bonds is 4. The number of H-pyrrole nitrogens is 1. The average Bonchev–Trinajstić information content (AvgIpc) is 2.36. The minimum Gasteiger partial charge on any atom is -0.311 e. The zero-order valence-electron chi connectivity index (χ0n) is 10.4. The van der Waals surface area contributed by atoms with Crippen molar-refractivity contribution in [3.8, 4) is 11.5 Å². The van der Waals surface area contributed by atoms with Gasteiger partial charge in [-0.3, -0.25) is 4.79 Å². The summed E-state index contributed by atoms with van der Waals surface area (Å²) in [5, 5.41) is 3.13. The lowest BCUT2D eigenvalue weighted by molar-refractivity contribution is 0.707. The second-order valence-electron chi connectivity index (χ2n) is 3.85. The summed E-state index contributed by atoms with van der Waals surface area (Å²) in [5.74, 6) is 1.12. The van der Waals surface area contributed by atoms with Gasteiger partial charge in [0.25, 0.3) is 5.56 Å². The average molecular weight is 245 g/mol. The monoisotopic (exact) mass is 245 g/mol. The summed E-state index contributed by atoms with van der Waals surface area (Å²) in [6, 6.07) is 3.21. The first-order valence-electron chi connectivity index (χ1n) is 5.80. The van der Waals surface area contributed by atoms with E-state index in [4.69, 9.17) is 0 Å². The van der Waals surface area contributed by atoms with E-state index in [1.807, 2.05) is 6.92 Å². The molecule has 2 heterocycles. The van der Waals surface area contributed by atoms with Crippen LogP contribution in [0.15, 0.2) is 23.1 Å². The number of nitrogens with one attached hydrogen (secondary N) is 2. The molecule has 0 saturated carbocycles. The SMILES string of the molecule is CCNCc1cc(=O)[nH]c(-c2ccnc(C)n2)n1. The highest BCUT2D eigenvalue weighted by Gasteiger charge is 2.05. The van der Waals surface area contributed by atoms with E-state index in [9.17, 15) is 4.79 Å². The summed E-state index contributed by atoms with van der Waals surface area (Å²) in [4.78, 5) is 26.9. The molecule has 0 radical (unpaired) electrons. The van der Waals surface area contributed by atoms with Gasteiger partial charge in [-0.15, -0.1) is 0 Å². The van der Waals surface area contributed by atoms with Gasteiger partial charge in [-0.25, -0.2) is 15.0 Å². The lowest BCUT2D eigenvalue weighted by atomic mass is 10.3. The van der Waals surface area contributed by atoms with Crippen molar-refractivity contribution in [2.24, 2.45) is 0 Å². The minimum absolute atomic E-state index is 0.177. The van der Waals surface area contributed by atoms with Crippen molar-refractivity contribution in [1.82, 2.24) is 25.3 Å². The van der Waals surface area contributed by atoms with E-state index in [1.54, 1.807) is 19.2 Å². The first-order chi connectivity index (χ1) is 8.69. The van der Waals surface area contributed by atoms with E-state index < -0.39 is 0 Å². The predicted molar refractivity (Wildman–Crippen MR) is 68.0 cm³/mol. The molecular weight excluding hydrogens is 230 g/mol. The summed E-state index contributed by atoms with van der Waals surface area (Å²) in [6.45, 7) is 5.19. The lowest BCUT2D eigenvalue weighted by Gasteiger charge is -2.04. The van der Waals surface area contributed by atoms with Gasteiger partial charge in [0.1, 0.15) is 11.5 Å². The molecule has 2 N–H and O–H groups in total. The maximum absolute atomic E-state index is 11.6.